The summed E-state index contributed by atoms with van der Waals surface area (Å²) >= 11 is 3.34. The van der Waals surface area contributed by atoms with Crippen molar-refractivity contribution in [3.05, 3.63) is 34.3 Å². The van der Waals surface area contributed by atoms with E-state index in [0.29, 0.717) is 11.5 Å². The Labute approximate surface area is 110 Å². The Morgan fingerprint density at radius 2 is 2.06 bits per heavy atom. The standard InChI is InChI=1S/C13H18BrNO2/c1-9(2)7-10(8-16)15-13(17)11-5-3-4-6-12(11)14/h3-6,9-10,16H,7-8H2,1-2H3,(H,15,17). The zero-order valence-corrected chi connectivity index (χ0v) is 11.7. The predicted molar refractivity (Wildman–Crippen MR) is 71.9 cm³/mol. The molecule has 1 aromatic rings. The molecule has 0 aliphatic carbocycles. The highest BCUT2D eigenvalue weighted by Crippen LogP contribution is 2.16. The second-order valence-corrected chi connectivity index (χ2v) is 5.32. The molecule has 0 aliphatic rings. The molecule has 0 aliphatic heterocycles. The quantitative estimate of drug-likeness (QED) is 0.878. The molecule has 0 aromatic heterocycles. The van der Waals surface area contributed by atoms with Gasteiger partial charge in [0, 0.05) is 4.47 Å². The molecule has 0 heterocycles. The van der Waals surface area contributed by atoms with E-state index < -0.39 is 0 Å². The minimum atomic E-state index is -0.186. The van der Waals surface area contributed by atoms with Crippen LogP contribution in [0.15, 0.2) is 28.7 Å². The summed E-state index contributed by atoms with van der Waals surface area (Å²) in [5.41, 5.74) is 0.592. The third-order valence-corrected chi connectivity index (χ3v) is 3.12. The normalized spacial score (nSPS) is 12.5. The molecule has 0 fully saturated rings. The fourth-order valence-electron chi connectivity index (χ4n) is 1.66. The molecule has 1 rings (SSSR count). The van der Waals surface area contributed by atoms with Crippen molar-refractivity contribution in [3.8, 4) is 0 Å². The maximum absolute atomic E-state index is 12.0. The molecule has 4 heteroatoms. The van der Waals surface area contributed by atoms with Gasteiger partial charge in [-0.2, -0.15) is 0 Å². The number of aliphatic hydroxyl groups excluding tert-OH is 1. The number of aliphatic hydroxyl groups is 1. The van der Waals surface area contributed by atoms with Gasteiger partial charge >= 0.3 is 0 Å². The number of benzene rings is 1. The molecule has 1 unspecified atom stereocenters. The first-order valence-corrected chi connectivity index (χ1v) is 6.50. The van der Waals surface area contributed by atoms with Crippen LogP contribution in [0.25, 0.3) is 0 Å². The summed E-state index contributed by atoms with van der Waals surface area (Å²) in [5.74, 6) is 0.281. The van der Waals surface area contributed by atoms with Crippen LogP contribution in [-0.2, 0) is 0 Å². The van der Waals surface area contributed by atoms with Gasteiger partial charge in [0.25, 0.3) is 5.91 Å². The zero-order valence-electron chi connectivity index (χ0n) is 10.1. The van der Waals surface area contributed by atoms with Crippen molar-refractivity contribution in [2.45, 2.75) is 26.3 Å². The van der Waals surface area contributed by atoms with E-state index in [4.69, 9.17) is 0 Å². The van der Waals surface area contributed by atoms with Gasteiger partial charge < -0.3 is 10.4 Å². The van der Waals surface area contributed by atoms with Crippen molar-refractivity contribution < 1.29 is 9.90 Å². The van der Waals surface area contributed by atoms with Crippen molar-refractivity contribution in [2.24, 2.45) is 5.92 Å². The minimum Gasteiger partial charge on any atom is -0.394 e. The number of amides is 1. The highest BCUT2D eigenvalue weighted by molar-refractivity contribution is 9.10. The number of nitrogens with one attached hydrogen (secondary N) is 1. The third-order valence-electron chi connectivity index (χ3n) is 2.43. The summed E-state index contributed by atoms with van der Waals surface area (Å²) in [5, 5.41) is 12.0. The molecule has 0 radical (unpaired) electrons. The van der Waals surface area contributed by atoms with Gasteiger partial charge in [0.2, 0.25) is 0 Å². The predicted octanol–water partition coefficient (Wildman–Crippen LogP) is 2.59. The van der Waals surface area contributed by atoms with Crippen molar-refractivity contribution in [2.75, 3.05) is 6.61 Å². The summed E-state index contributed by atoms with van der Waals surface area (Å²) in [6.07, 6.45) is 0.771. The Balaban J connectivity index is 2.68. The van der Waals surface area contributed by atoms with E-state index in [2.05, 4.69) is 35.1 Å². The van der Waals surface area contributed by atoms with Gasteiger partial charge in [0.05, 0.1) is 18.2 Å². The lowest BCUT2D eigenvalue weighted by molar-refractivity contribution is 0.0907. The Hall–Kier alpha value is -0.870. The Morgan fingerprint density at radius 3 is 2.59 bits per heavy atom. The fraction of sp³-hybridized carbons (Fsp3) is 0.462. The van der Waals surface area contributed by atoms with E-state index in [9.17, 15) is 9.90 Å². The highest BCUT2D eigenvalue weighted by Gasteiger charge is 2.15. The van der Waals surface area contributed by atoms with Gasteiger partial charge in [-0.15, -0.1) is 0 Å². The van der Waals surface area contributed by atoms with Gasteiger partial charge in [0.15, 0.2) is 0 Å². The lowest BCUT2D eigenvalue weighted by Crippen LogP contribution is -2.38. The molecule has 0 bridgehead atoms. The minimum absolute atomic E-state index is 0.0334. The Kier molecular flexibility index (Phi) is 5.65. The van der Waals surface area contributed by atoms with Gasteiger partial charge in [-0.25, -0.2) is 0 Å². The molecular weight excluding hydrogens is 282 g/mol. The van der Waals surface area contributed by atoms with E-state index in [1.165, 1.54) is 0 Å². The van der Waals surface area contributed by atoms with E-state index in [1.54, 1.807) is 6.07 Å². The second kappa shape index (κ2) is 6.77. The summed E-state index contributed by atoms with van der Waals surface area (Å²) in [7, 11) is 0. The molecule has 2 N–H and O–H groups in total. The summed E-state index contributed by atoms with van der Waals surface area (Å²) in [6, 6.07) is 7.07. The van der Waals surface area contributed by atoms with Crippen molar-refractivity contribution in [3.63, 3.8) is 0 Å². The molecule has 17 heavy (non-hydrogen) atoms. The largest absolute Gasteiger partial charge is 0.394 e. The molecule has 1 atom stereocenters. The molecule has 1 amide bonds. The third kappa shape index (κ3) is 4.48. The van der Waals surface area contributed by atoms with Crippen molar-refractivity contribution in [1.29, 1.82) is 0 Å². The molecular formula is C13H18BrNO2. The van der Waals surface area contributed by atoms with Crippen LogP contribution in [0.3, 0.4) is 0 Å². The van der Waals surface area contributed by atoms with Gasteiger partial charge in [-0.1, -0.05) is 26.0 Å². The van der Waals surface area contributed by atoms with Crippen molar-refractivity contribution in [1.82, 2.24) is 5.32 Å². The van der Waals surface area contributed by atoms with Crippen LogP contribution in [0, 0.1) is 5.92 Å². The molecule has 1 aromatic carbocycles. The monoisotopic (exact) mass is 299 g/mol. The van der Waals surface area contributed by atoms with Gasteiger partial charge in [0.1, 0.15) is 0 Å². The van der Waals surface area contributed by atoms with Crippen LogP contribution in [-0.4, -0.2) is 23.7 Å². The average molecular weight is 300 g/mol. The van der Waals surface area contributed by atoms with Crippen LogP contribution in [0.5, 0.6) is 0 Å². The first kappa shape index (κ1) is 14.2. The van der Waals surface area contributed by atoms with E-state index >= 15 is 0 Å². The average Bonchev–Trinajstić information content (AvgIpc) is 2.27. The van der Waals surface area contributed by atoms with Crippen LogP contribution in [0.2, 0.25) is 0 Å². The fourth-order valence-corrected chi connectivity index (χ4v) is 2.12. The number of hydrogen-bond donors (Lipinski definition) is 2. The lowest BCUT2D eigenvalue weighted by Gasteiger charge is -2.18. The number of carbonyl (C=O) groups is 1. The SMILES string of the molecule is CC(C)CC(CO)NC(=O)c1ccccc1Br. The molecule has 0 saturated carbocycles. The van der Waals surface area contributed by atoms with E-state index in [-0.39, 0.29) is 18.6 Å². The molecule has 3 nitrogen and oxygen atoms in total. The number of halogens is 1. The number of rotatable bonds is 5. The number of hydrogen-bond acceptors (Lipinski definition) is 2. The summed E-state index contributed by atoms with van der Waals surface area (Å²) in [4.78, 5) is 12.0. The van der Waals surface area contributed by atoms with Crippen LogP contribution < -0.4 is 5.32 Å². The highest BCUT2D eigenvalue weighted by atomic mass is 79.9. The number of carbonyl (C=O) groups excluding carboxylic acids is 1. The van der Waals surface area contributed by atoms with Crippen molar-refractivity contribution >= 4 is 21.8 Å². The zero-order chi connectivity index (χ0) is 12.8. The van der Waals surface area contributed by atoms with Gasteiger partial charge in [-0.3, -0.25) is 4.79 Å². The smallest absolute Gasteiger partial charge is 0.252 e. The van der Waals surface area contributed by atoms with Gasteiger partial charge in [-0.05, 0) is 40.4 Å². The Morgan fingerprint density at radius 1 is 1.41 bits per heavy atom. The first-order valence-electron chi connectivity index (χ1n) is 5.70. The maximum Gasteiger partial charge on any atom is 0.252 e. The first-order chi connectivity index (χ1) is 8.04. The summed E-state index contributed by atoms with van der Waals surface area (Å²) < 4.78 is 0.763. The van der Waals surface area contributed by atoms with Crippen LogP contribution >= 0.6 is 15.9 Å². The van der Waals surface area contributed by atoms with E-state index in [0.717, 1.165) is 10.9 Å². The Bertz CT molecular complexity index is 379. The second-order valence-electron chi connectivity index (χ2n) is 4.46. The summed E-state index contributed by atoms with van der Waals surface area (Å²) in [6.45, 7) is 4.09. The maximum atomic E-state index is 12.0. The van der Waals surface area contributed by atoms with E-state index in [1.807, 2.05) is 18.2 Å². The topological polar surface area (TPSA) is 49.3 Å². The molecule has 0 spiro atoms. The molecule has 0 saturated heterocycles. The van der Waals surface area contributed by atoms with Crippen LogP contribution in [0.4, 0.5) is 0 Å². The lowest BCUT2D eigenvalue weighted by atomic mass is 10.0. The molecule has 94 valence electrons. The van der Waals surface area contributed by atoms with Crippen LogP contribution in [0.1, 0.15) is 30.6 Å².